The highest BCUT2D eigenvalue weighted by Crippen LogP contribution is 2.24. The van der Waals surface area contributed by atoms with Gasteiger partial charge in [0.05, 0.1) is 23.4 Å². The molecule has 0 aliphatic heterocycles. The highest BCUT2D eigenvalue weighted by Gasteiger charge is 2.13. The van der Waals surface area contributed by atoms with E-state index in [1.54, 1.807) is 12.1 Å². The molecule has 2 aromatic carbocycles. The number of hydrogen-bond acceptors (Lipinski definition) is 5. The van der Waals surface area contributed by atoms with Crippen molar-refractivity contribution in [3.05, 3.63) is 82.8 Å². The standard InChI is InChI=1S/C20H15ClFN3O3/c1-28-20(27)13-2-7-16(21)17(10-13)25-19(26)12-8-9-23-18(11-12)24-15-5-3-14(22)4-6-15/h2-11H,1H3,(H,23,24)(H,25,26). The van der Waals surface area contributed by atoms with Crippen LogP contribution in [0.1, 0.15) is 20.7 Å². The first-order valence-corrected chi connectivity index (χ1v) is 8.52. The smallest absolute Gasteiger partial charge is 0.337 e. The molecule has 1 heterocycles. The van der Waals surface area contributed by atoms with Crippen LogP contribution in [0.4, 0.5) is 21.6 Å². The fourth-order valence-corrected chi connectivity index (χ4v) is 2.55. The van der Waals surface area contributed by atoms with Crippen molar-refractivity contribution in [2.24, 2.45) is 0 Å². The number of hydrogen-bond donors (Lipinski definition) is 2. The Labute approximate surface area is 165 Å². The number of aromatic nitrogens is 1. The van der Waals surface area contributed by atoms with Crippen molar-refractivity contribution < 1.29 is 18.7 Å². The number of nitrogens with zero attached hydrogens (tertiary/aromatic N) is 1. The third-order valence-corrected chi connectivity index (χ3v) is 4.10. The SMILES string of the molecule is COC(=O)c1ccc(Cl)c(NC(=O)c2ccnc(Nc3ccc(F)cc3)c2)c1. The van der Waals surface area contributed by atoms with Crippen LogP contribution in [0.3, 0.4) is 0 Å². The van der Waals surface area contributed by atoms with E-state index in [4.69, 9.17) is 11.6 Å². The zero-order valence-corrected chi connectivity index (χ0v) is 15.5. The molecule has 0 bridgehead atoms. The number of carbonyl (C=O) groups is 2. The van der Waals surface area contributed by atoms with Gasteiger partial charge in [0.15, 0.2) is 0 Å². The summed E-state index contributed by atoms with van der Waals surface area (Å²) >= 11 is 6.10. The molecule has 0 unspecified atom stereocenters. The molecular weight excluding hydrogens is 385 g/mol. The van der Waals surface area contributed by atoms with Crippen LogP contribution in [0.15, 0.2) is 60.8 Å². The van der Waals surface area contributed by atoms with Crippen LogP contribution in [-0.4, -0.2) is 24.0 Å². The second-order valence-corrected chi connectivity index (χ2v) is 6.11. The molecule has 0 saturated heterocycles. The molecular formula is C20H15ClFN3O3. The van der Waals surface area contributed by atoms with Crippen molar-refractivity contribution in [1.82, 2.24) is 4.98 Å². The Morgan fingerprint density at radius 3 is 2.50 bits per heavy atom. The summed E-state index contributed by atoms with van der Waals surface area (Å²) in [7, 11) is 1.27. The van der Waals surface area contributed by atoms with Crippen LogP contribution in [0.2, 0.25) is 5.02 Å². The Morgan fingerprint density at radius 1 is 1.04 bits per heavy atom. The first kappa shape index (κ1) is 19.3. The molecule has 8 heteroatoms. The van der Waals surface area contributed by atoms with Gasteiger partial charge in [0, 0.05) is 17.4 Å². The predicted octanol–water partition coefficient (Wildman–Crippen LogP) is 4.66. The van der Waals surface area contributed by atoms with E-state index in [9.17, 15) is 14.0 Å². The average Bonchev–Trinajstić information content (AvgIpc) is 2.71. The minimum absolute atomic E-state index is 0.260. The molecule has 3 aromatic rings. The van der Waals surface area contributed by atoms with Gasteiger partial charge in [-0.3, -0.25) is 4.79 Å². The summed E-state index contributed by atoms with van der Waals surface area (Å²) in [6.07, 6.45) is 1.47. The summed E-state index contributed by atoms with van der Waals surface area (Å²) in [6.45, 7) is 0. The van der Waals surface area contributed by atoms with Crippen molar-refractivity contribution in [2.45, 2.75) is 0 Å². The fraction of sp³-hybridized carbons (Fsp3) is 0.0500. The zero-order valence-electron chi connectivity index (χ0n) is 14.7. The number of nitrogens with one attached hydrogen (secondary N) is 2. The van der Waals surface area contributed by atoms with E-state index >= 15 is 0 Å². The third-order valence-electron chi connectivity index (χ3n) is 3.77. The number of ether oxygens (including phenoxy) is 1. The van der Waals surface area contributed by atoms with Crippen molar-refractivity contribution in [1.29, 1.82) is 0 Å². The first-order chi connectivity index (χ1) is 13.5. The van der Waals surface area contributed by atoms with Crippen LogP contribution >= 0.6 is 11.6 Å². The predicted molar refractivity (Wildman–Crippen MR) is 105 cm³/mol. The highest BCUT2D eigenvalue weighted by atomic mass is 35.5. The lowest BCUT2D eigenvalue weighted by Crippen LogP contribution is -2.13. The first-order valence-electron chi connectivity index (χ1n) is 8.14. The number of rotatable bonds is 5. The van der Waals surface area contributed by atoms with Crippen LogP contribution in [-0.2, 0) is 4.74 Å². The Balaban J connectivity index is 1.78. The van der Waals surface area contributed by atoms with Gasteiger partial charge in [-0.15, -0.1) is 0 Å². The number of benzene rings is 2. The lowest BCUT2D eigenvalue weighted by molar-refractivity contribution is 0.0600. The van der Waals surface area contributed by atoms with Crippen LogP contribution < -0.4 is 10.6 Å². The van der Waals surface area contributed by atoms with E-state index in [1.165, 1.54) is 55.8 Å². The van der Waals surface area contributed by atoms with Gasteiger partial charge in [-0.2, -0.15) is 0 Å². The summed E-state index contributed by atoms with van der Waals surface area (Å²) in [5, 5.41) is 5.93. The number of esters is 1. The maximum Gasteiger partial charge on any atom is 0.337 e. The Bertz CT molecular complexity index is 1030. The molecule has 142 valence electrons. The maximum atomic E-state index is 13.0. The molecule has 0 radical (unpaired) electrons. The molecule has 1 aromatic heterocycles. The van der Waals surface area contributed by atoms with Gasteiger partial charge < -0.3 is 15.4 Å². The molecule has 28 heavy (non-hydrogen) atoms. The van der Waals surface area contributed by atoms with E-state index in [0.717, 1.165) is 0 Å². The topological polar surface area (TPSA) is 80.3 Å². The largest absolute Gasteiger partial charge is 0.465 e. The van der Waals surface area contributed by atoms with Gasteiger partial charge in [0.25, 0.3) is 5.91 Å². The molecule has 1 amide bonds. The molecule has 0 spiro atoms. The van der Waals surface area contributed by atoms with E-state index in [1.807, 2.05) is 0 Å². The monoisotopic (exact) mass is 399 g/mol. The summed E-state index contributed by atoms with van der Waals surface area (Å²) in [5.74, 6) is -0.915. The number of amides is 1. The number of carbonyl (C=O) groups excluding carboxylic acids is 2. The zero-order chi connectivity index (χ0) is 20.1. The van der Waals surface area contributed by atoms with Gasteiger partial charge in [-0.05, 0) is 54.6 Å². The molecule has 0 atom stereocenters. The second kappa shape index (κ2) is 8.49. The normalized spacial score (nSPS) is 10.2. The fourth-order valence-electron chi connectivity index (χ4n) is 2.38. The summed E-state index contributed by atoms with van der Waals surface area (Å²) < 4.78 is 17.7. The molecule has 0 fully saturated rings. The maximum absolute atomic E-state index is 13.0. The van der Waals surface area contributed by atoms with Crippen molar-refractivity contribution in [3.63, 3.8) is 0 Å². The summed E-state index contributed by atoms with van der Waals surface area (Å²) in [5.41, 5.74) is 1.48. The molecule has 3 rings (SSSR count). The summed E-state index contributed by atoms with van der Waals surface area (Å²) in [4.78, 5) is 28.4. The minimum atomic E-state index is -0.540. The van der Waals surface area contributed by atoms with Crippen molar-refractivity contribution in [2.75, 3.05) is 17.7 Å². The molecule has 2 N–H and O–H groups in total. The summed E-state index contributed by atoms with van der Waals surface area (Å²) in [6, 6.07) is 13.2. The quantitative estimate of drug-likeness (QED) is 0.610. The van der Waals surface area contributed by atoms with Gasteiger partial charge >= 0.3 is 5.97 Å². The van der Waals surface area contributed by atoms with Gasteiger partial charge in [0.1, 0.15) is 11.6 Å². The highest BCUT2D eigenvalue weighted by molar-refractivity contribution is 6.34. The lowest BCUT2D eigenvalue weighted by Gasteiger charge is -2.10. The third kappa shape index (κ3) is 4.63. The van der Waals surface area contributed by atoms with E-state index in [2.05, 4.69) is 20.4 Å². The Morgan fingerprint density at radius 2 is 1.79 bits per heavy atom. The van der Waals surface area contributed by atoms with Crippen LogP contribution in [0.25, 0.3) is 0 Å². The Hall–Kier alpha value is -3.45. The average molecular weight is 400 g/mol. The van der Waals surface area contributed by atoms with Gasteiger partial charge in [0.2, 0.25) is 0 Å². The number of methoxy groups -OCH3 is 1. The number of pyridine rings is 1. The number of halogens is 2. The van der Waals surface area contributed by atoms with Gasteiger partial charge in [-0.1, -0.05) is 11.6 Å². The molecule has 0 aliphatic rings. The van der Waals surface area contributed by atoms with E-state index < -0.39 is 11.9 Å². The van der Waals surface area contributed by atoms with Crippen molar-refractivity contribution in [3.8, 4) is 0 Å². The van der Waals surface area contributed by atoms with E-state index in [0.29, 0.717) is 17.1 Å². The minimum Gasteiger partial charge on any atom is -0.465 e. The molecule has 0 aliphatic carbocycles. The van der Waals surface area contributed by atoms with Crippen molar-refractivity contribution >= 4 is 40.7 Å². The van der Waals surface area contributed by atoms with Gasteiger partial charge in [-0.25, -0.2) is 14.2 Å². The lowest BCUT2D eigenvalue weighted by atomic mass is 10.2. The second-order valence-electron chi connectivity index (χ2n) is 5.70. The molecule has 0 saturated carbocycles. The molecule has 6 nitrogen and oxygen atoms in total. The van der Waals surface area contributed by atoms with Crippen LogP contribution in [0, 0.1) is 5.82 Å². The van der Waals surface area contributed by atoms with Crippen LogP contribution in [0.5, 0.6) is 0 Å². The van der Waals surface area contributed by atoms with E-state index in [-0.39, 0.29) is 22.1 Å². The Kier molecular flexibility index (Phi) is 5.86. The number of anilines is 3.